The van der Waals surface area contributed by atoms with Gasteiger partial charge in [-0.15, -0.1) is 0 Å². The van der Waals surface area contributed by atoms with Crippen molar-refractivity contribution < 1.29 is 14.0 Å². The summed E-state index contributed by atoms with van der Waals surface area (Å²) in [6.45, 7) is 2.72. The Balaban J connectivity index is 2.16. The Hall–Kier alpha value is -1.78. The Morgan fingerprint density at radius 3 is 3.13 bits per heavy atom. The first-order valence-corrected chi connectivity index (χ1v) is 4.82. The van der Waals surface area contributed by atoms with Crippen molar-refractivity contribution in [2.45, 2.75) is 13.0 Å². The molecule has 0 aromatic carbocycles. The topological polar surface area (TPSA) is 62.6 Å². The van der Waals surface area contributed by atoms with Crippen molar-refractivity contribution in [2.24, 2.45) is 0 Å². The monoisotopic (exact) mass is 208 g/mol. The molecule has 0 unspecified atom stereocenters. The number of hydrogen-bond donors (Lipinski definition) is 1. The van der Waals surface area contributed by atoms with Gasteiger partial charge in [0.05, 0.1) is 6.26 Å². The quantitative estimate of drug-likeness (QED) is 0.719. The third-order valence-corrected chi connectivity index (χ3v) is 2.49. The number of piperazine rings is 1. The number of rotatable bonds is 1. The van der Waals surface area contributed by atoms with E-state index in [0.717, 1.165) is 0 Å². The fourth-order valence-electron chi connectivity index (χ4n) is 1.60. The van der Waals surface area contributed by atoms with Gasteiger partial charge >= 0.3 is 0 Å². The molecular weight excluding hydrogens is 196 g/mol. The van der Waals surface area contributed by atoms with Crippen molar-refractivity contribution in [2.75, 3.05) is 13.1 Å². The van der Waals surface area contributed by atoms with E-state index in [4.69, 9.17) is 4.42 Å². The molecule has 5 heteroatoms. The van der Waals surface area contributed by atoms with Crippen LogP contribution in [0, 0.1) is 0 Å². The first-order valence-electron chi connectivity index (χ1n) is 4.82. The predicted molar refractivity (Wildman–Crippen MR) is 52.2 cm³/mol. The van der Waals surface area contributed by atoms with Gasteiger partial charge in [-0.25, -0.2) is 0 Å². The zero-order valence-electron chi connectivity index (χ0n) is 8.40. The summed E-state index contributed by atoms with van der Waals surface area (Å²) < 4.78 is 5.01. The van der Waals surface area contributed by atoms with E-state index in [-0.39, 0.29) is 17.6 Å². The largest absolute Gasteiger partial charge is 0.459 e. The molecule has 1 atom stereocenters. The van der Waals surface area contributed by atoms with Crippen molar-refractivity contribution >= 4 is 11.8 Å². The highest BCUT2D eigenvalue weighted by Crippen LogP contribution is 2.11. The normalized spacial score (nSPS) is 21.3. The summed E-state index contributed by atoms with van der Waals surface area (Å²) in [4.78, 5) is 24.7. The van der Waals surface area contributed by atoms with Crippen LogP contribution < -0.4 is 5.32 Å². The van der Waals surface area contributed by atoms with Crippen LogP contribution in [0.15, 0.2) is 22.8 Å². The van der Waals surface area contributed by atoms with Crippen LogP contribution in [0.2, 0.25) is 0 Å². The summed E-state index contributed by atoms with van der Waals surface area (Å²) in [5.41, 5.74) is 0. The SMILES string of the molecule is C[C@H]1C(=O)NCCN1C(=O)c1ccco1. The smallest absolute Gasteiger partial charge is 0.290 e. The van der Waals surface area contributed by atoms with Crippen LogP contribution in [0.3, 0.4) is 0 Å². The molecule has 15 heavy (non-hydrogen) atoms. The number of carbonyl (C=O) groups excluding carboxylic acids is 2. The summed E-state index contributed by atoms with van der Waals surface area (Å²) in [5, 5.41) is 2.70. The second-order valence-corrected chi connectivity index (χ2v) is 3.44. The number of nitrogens with one attached hydrogen (secondary N) is 1. The van der Waals surface area contributed by atoms with Gasteiger partial charge in [0.25, 0.3) is 5.91 Å². The van der Waals surface area contributed by atoms with E-state index >= 15 is 0 Å². The van der Waals surface area contributed by atoms with Crippen LogP contribution in [0.1, 0.15) is 17.5 Å². The van der Waals surface area contributed by atoms with E-state index in [0.29, 0.717) is 13.1 Å². The number of amides is 2. The van der Waals surface area contributed by atoms with Gasteiger partial charge in [-0.05, 0) is 19.1 Å². The lowest BCUT2D eigenvalue weighted by Gasteiger charge is -2.32. The van der Waals surface area contributed by atoms with E-state index in [9.17, 15) is 9.59 Å². The molecule has 0 aliphatic carbocycles. The van der Waals surface area contributed by atoms with E-state index in [1.54, 1.807) is 19.1 Å². The van der Waals surface area contributed by atoms with Crippen LogP contribution in [0.25, 0.3) is 0 Å². The highest BCUT2D eigenvalue weighted by molar-refractivity contribution is 5.96. The highest BCUT2D eigenvalue weighted by Gasteiger charge is 2.30. The third kappa shape index (κ3) is 1.72. The number of furan rings is 1. The minimum atomic E-state index is -0.434. The van der Waals surface area contributed by atoms with Crippen LogP contribution in [0.4, 0.5) is 0 Å². The lowest BCUT2D eigenvalue weighted by molar-refractivity contribution is -0.127. The Labute approximate surface area is 87.0 Å². The summed E-state index contributed by atoms with van der Waals surface area (Å²) in [6, 6.07) is 2.82. The highest BCUT2D eigenvalue weighted by atomic mass is 16.3. The molecule has 2 rings (SSSR count). The predicted octanol–water partition coefficient (Wildman–Crippen LogP) is 0.240. The van der Waals surface area contributed by atoms with Crippen LogP contribution in [0.5, 0.6) is 0 Å². The van der Waals surface area contributed by atoms with Gasteiger partial charge in [0.15, 0.2) is 5.76 Å². The molecule has 0 saturated carbocycles. The van der Waals surface area contributed by atoms with Gasteiger partial charge in [0, 0.05) is 13.1 Å². The van der Waals surface area contributed by atoms with Crippen LogP contribution >= 0.6 is 0 Å². The maximum absolute atomic E-state index is 11.9. The zero-order valence-corrected chi connectivity index (χ0v) is 8.40. The Kier molecular flexibility index (Phi) is 2.45. The minimum Gasteiger partial charge on any atom is -0.459 e. The fourth-order valence-corrected chi connectivity index (χ4v) is 1.60. The first kappa shape index (κ1) is 9.76. The lowest BCUT2D eigenvalue weighted by Crippen LogP contribution is -2.55. The summed E-state index contributed by atoms with van der Waals surface area (Å²) in [5.74, 6) is -0.0833. The van der Waals surface area contributed by atoms with Crippen molar-refractivity contribution in [3.63, 3.8) is 0 Å². The molecule has 1 aliphatic rings. The first-order chi connectivity index (χ1) is 7.20. The summed E-state index contributed by atoms with van der Waals surface area (Å²) >= 11 is 0. The van der Waals surface area contributed by atoms with Crippen LogP contribution in [-0.2, 0) is 4.79 Å². The number of hydrogen-bond acceptors (Lipinski definition) is 3. The van der Waals surface area contributed by atoms with Gasteiger partial charge in [-0.1, -0.05) is 0 Å². The maximum atomic E-state index is 11.9. The Morgan fingerprint density at radius 2 is 2.47 bits per heavy atom. The molecule has 0 spiro atoms. The molecule has 0 bridgehead atoms. The molecule has 2 amide bonds. The van der Waals surface area contributed by atoms with E-state index < -0.39 is 6.04 Å². The van der Waals surface area contributed by atoms with E-state index in [2.05, 4.69) is 5.32 Å². The van der Waals surface area contributed by atoms with Gasteiger partial charge in [-0.2, -0.15) is 0 Å². The van der Waals surface area contributed by atoms with Crippen LogP contribution in [-0.4, -0.2) is 35.8 Å². The molecule has 1 aromatic rings. The Bertz CT molecular complexity index is 372. The second kappa shape index (κ2) is 3.76. The molecular formula is C10H12N2O3. The molecule has 1 fully saturated rings. The lowest BCUT2D eigenvalue weighted by atomic mass is 10.2. The second-order valence-electron chi connectivity index (χ2n) is 3.44. The molecule has 80 valence electrons. The molecule has 1 N–H and O–H groups in total. The maximum Gasteiger partial charge on any atom is 0.290 e. The van der Waals surface area contributed by atoms with E-state index in [1.807, 2.05) is 0 Å². The van der Waals surface area contributed by atoms with Gasteiger partial charge in [0.1, 0.15) is 6.04 Å². The standard InChI is InChI=1S/C10H12N2O3/c1-7-9(13)11-4-5-12(7)10(14)8-3-2-6-15-8/h2-3,6-7H,4-5H2,1H3,(H,11,13)/t7-/m0/s1. The van der Waals surface area contributed by atoms with Gasteiger partial charge in [0.2, 0.25) is 5.91 Å². The molecule has 1 aromatic heterocycles. The number of carbonyl (C=O) groups is 2. The third-order valence-electron chi connectivity index (χ3n) is 2.49. The average molecular weight is 208 g/mol. The van der Waals surface area contributed by atoms with Crippen molar-refractivity contribution in [1.82, 2.24) is 10.2 Å². The molecule has 0 radical (unpaired) electrons. The summed E-state index contributed by atoms with van der Waals surface area (Å²) in [7, 11) is 0. The summed E-state index contributed by atoms with van der Waals surface area (Å²) in [6.07, 6.45) is 1.45. The molecule has 5 nitrogen and oxygen atoms in total. The van der Waals surface area contributed by atoms with Crippen molar-refractivity contribution in [1.29, 1.82) is 0 Å². The average Bonchev–Trinajstić information content (AvgIpc) is 2.74. The van der Waals surface area contributed by atoms with Crippen molar-refractivity contribution in [3.8, 4) is 0 Å². The fraction of sp³-hybridized carbons (Fsp3) is 0.400. The minimum absolute atomic E-state index is 0.124. The molecule has 2 heterocycles. The number of nitrogens with zero attached hydrogens (tertiary/aromatic N) is 1. The molecule has 1 aliphatic heterocycles. The van der Waals surface area contributed by atoms with Gasteiger partial charge in [-0.3, -0.25) is 9.59 Å². The zero-order chi connectivity index (χ0) is 10.8. The van der Waals surface area contributed by atoms with Crippen molar-refractivity contribution in [3.05, 3.63) is 24.2 Å². The Morgan fingerprint density at radius 1 is 1.67 bits per heavy atom. The van der Waals surface area contributed by atoms with E-state index in [1.165, 1.54) is 11.2 Å². The van der Waals surface area contributed by atoms with Gasteiger partial charge < -0.3 is 14.6 Å². The molecule has 1 saturated heterocycles.